The van der Waals surface area contributed by atoms with Gasteiger partial charge in [-0.15, -0.1) is 0 Å². The molecule has 3 heteroatoms. The first-order chi connectivity index (χ1) is 7.81. The lowest BCUT2D eigenvalue weighted by Gasteiger charge is -2.31. The highest BCUT2D eigenvalue weighted by Gasteiger charge is 2.17. The van der Waals surface area contributed by atoms with Crippen LogP contribution in [-0.2, 0) is 0 Å². The predicted octanol–water partition coefficient (Wildman–Crippen LogP) is 1.57. The molecule has 16 heavy (non-hydrogen) atoms. The van der Waals surface area contributed by atoms with Gasteiger partial charge in [0.25, 0.3) is 0 Å². The van der Waals surface area contributed by atoms with Crippen LogP contribution in [0.4, 0.5) is 0 Å². The van der Waals surface area contributed by atoms with E-state index >= 15 is 0 Å². The summed E-state index contributed by atoms with van der Waals surface area (Å²) in [6, 6.07) is 0.648. The van der Waals surface area contributed by atoms with Crippen molar-refractivity contribution in [3.8, 4) is 0 Å². The van der Waals surface area contributed by atoms with Crippen LogP contribution in [0.5, 0.6) is 0 Å². The number of likely N-dealkylation sites (tertiary alicyclic amines) is 1. The van der Waals surface area contributed by atoms with Crippen molar-refractivity contribution in [3.05, 3.63) is 0 Å². The Balaban J connectivity index is 2.30. The molecule has 0 bridgehead atoms. The molecular weight excluding hydrogens is 200 g/mol. The lowest BCUT2D eigenvalue weighted by molar-refractivity contribution is 0.129. The van der Waals surface area contributed by atoms with Crippen LogP contribution in [0.2, 0.25) is 0 Å². The van der Waals surface area contributed by atoms with E-state index in [9.17, 15) is 0 Å². The highest BCUT2D eigenvalue weighted by molar-refractivity contribution is 4.73. The van der Waals surface area contributed by atoms with Gasteiger partial charge in [-0.3, -0.25) is 4.90 Å². The van der Waals surface area contributed by atoms with E-state index in [1.54, 1.807) is 0 Å². The van der Waals surface area contributed by atoms with E-state index in [1.807, 2.05) is 0 Å². The minimum absolute atomic E-state index is 0.288. The summed E-state index contributed by atoms with van der Waals surface area (Å²) in [6.07, 6.45) is 5.11. The largest absolute Gasteiger partial charge is 0.395 e. The number of aliphatic hydroxyl groups excluding tert-OH is 1. The molecule has 96 valence electrons. The average molecular weight is 228 g/mol. The van der Waals surface area contributed by atoms with E-state index in [2.05, 4.69) is 23.6 Å². The Hall–Kier alpha value is -0.120. The van der Waals surface area contributed by atoms with Crippen LogP contribution in [0, 0.1) is 0 Å². The van der Waals surface area contributed by atoms with Crippen molar-refractivity contribution in [2.45, 2.75) is 45.6 Å². The number of hydrogen-bond acceptors (Lipinski definition) is 3. The molecule has 0 aromatic heterocycles. The third kappa shape index (κ3) is 4.40. The van der Waals surface area contributed by atoms with Crippen molar-refractivity contribution in [2.75, 3.05) is 39.3 Å². The fourth-order valence-corrected chi connectivity index (χ4v) is 2.69. The van der Waals surface area contributed by atoms with Crippen molar-refractivity contribution in [1.29, 1.82) is 0 Å². The van der Waals surface area contributed by atoms with Gasteiger partial charge < -0.3 is 10.0 Å². The van der Waals surface area contributed by atoms with Crippen molar-refractivity contribution in [2.24, 2.45) is 0 Å². The molecule has 0 atom stereocenters. The van der Waals surface area contributed by atoms with E-state index in [4.69, 9.17) is 5.11 Å². The second-order valence-electron chi connectivity index (χ2n) is 4.78. The molecule has 1 fully saturated rings. The molecule has 1 rings (SSSR count). The van der Waals surface area contributed by atoms with Gasteiger partial charge in [0.15, 0.2) is 0 Å². The molecule has 0 amide bonds. The smallest absolute Gasteiger partial charge is 0.0558 e. The Kier molecular flexibility index (Phi) is 7.01. The standard InChI is InChI=1S/C13H28N2O/c1-3-13(4-2)15(11-12-16)10-9-14-7-5-6-8-14/h13,16H,3-12H2,1-2H3. The van der Waals surface area contributed by atoms with Gasteiger partial charge in [0.2, 0.25) is 0 Å². The van der Waals surface area contributed by atoms with Crippen LogP contribution in [0.15, 0.2) is 0 Å². The minimum Gasteiger partial charge on any atom is -0.395 e. The van der Waals surface area contributed by atoms with Gasteiger partial charge in [-0.2, -0.15) is 0 Å². The maximum absolute atomic E-state index is 9.11. The van der Waals surface area contributed by atoms with Gasteiger partial charge >= 0.3 is 0 Å². The van der Waals surface area contributed by atoms with Crippen LogP contribution in [0.3, 0.4) is 0 Å². The predicted molar refractivity (Wildman–Crippen MR) is 68.7 cm³/mol. The SMILES string of the molecule is CCC(CC)N(CCO)CCN1CCCC1. The summed E-state index contributed by atoms with van der Waals surface area (Å²) >= 11 is 0. The Bertz CT molecular complexity index is 165. The van der Waals surface area contributed by atoms with Gasteiger partial charge in [-0.1, -0.05) is 13.8 Å². The first-order valence-corrected chi connectivity index (χ1v) is 6.89. The molecule has 1 N–H and O–H groups in total. The summed E-state index contributed by atoms with van der Waals surface area (Å²) in [4.78, 5) is 5.01. The Morgan fingerprint density at radius 2 is 1.75 bits per heavy atom. The van der Waals surface area contributed by atoms with Gasteiger partial charge in [-0.05, 0) is 38.8 Å². The average Bonchev–Trinajstić information content (AvgIpc) is 2.80. The van der Waals surface area contributed by atoms with Crippen LogP contribution >= 0.6 is 0 Å². The molecule has 0 unspecified atom stereocenters. The Morgan fingerprint density at radius 1 is 1.12 bits per heavy atom. The van der Waals surface area contributed by atoms with Crippen LogP contribution in [0.25, 0.3) is 0 Å². The second kappa shape index (κ2) is 8.04. The molecule has 0 spiro atoms. The highest BCUT2D eigenvalue weighted by Crippen LogP contribution is 2.10. The number of hydrogen-bond donors (Lipinski definition) is 1. The van der Waals surface area contributed by atoms with Crippen LogP contribution in [0.1, 0.15) is 39.5 Å². The monoisotopic (exact) mass is 228 g/mol. The van der Waals surface area contributed by atoms with E-state index < -0.39 is 0 Å². The summed E-state index contributed by atoms with van der Waals surface area (Å²) in [5, 5.41) is 9.11. The third-order valence-corrected chi connectivity index (χ3v) is 3.75. The first kappa shape index (κ1) is 13.9. The fraction of sp³-hybridized carbons (Fsp3) is 1.00. The zero-order valence-electron chi connectivity index (χ0n) is 11.0. The van der Waals surface area contributed by atoms with E-state index in [0.717, 1.165) is 13.1 Å². The molecule has 0 saturated carbocycles. The van der Waals surface area contributed by atoms with Crippen molar-refractivity contribution in [3.63, 3.8) is 0 Å². The number of aliphatic hydroxyl groups is 1. The topological polar surface area (TPSA) is 26.7 Å². The number of nitrogens with zero attached hydrogens (tertiary/aromatic N) is 2. The molecule has 1 aliphatic rings. The first-order valence-electron chi connectivity index (χ1n) is 6.89. The maximum Gasteiger partial charge on any atom is 0.0558 e. The van der Waals surface area contributed by atoms with Crippen LogP contribution < -0.4 is 0 Å². The molecule has 0 radical (unpaired) electrons. The van der Waals surface area contributed by atoms with E-state index in [0.29, 0.717) is 6.04 Å². The summed E-state index contributed by atoms with van der Waals surface area (Å²) in [6.45, 7) is 10.5. The summed E-state index contributed by atoms with van der Waals surface area (Å²) in [5.74, 6) is 0. The quantitative estimate of drug-likeness (QED) is 0.683. The van der Waals surface area contributed by atoms with Gasteiger partial charge in [-0.25, -0.2) is 0 Å². The molecule has 1 heterocycles. The lowest BCUT2D eigenvalue weighted by Crippen LogP contribution is -2.41. The molecule has 3 nitrogen and oxygen atoms in total. The minimum atomic E-state index is 0.288. The van der Waals surface area contributed by atoms with Gasteiger partial charge in [0, 0.05) is 25.7 Å². The fourth-order valence-electron chi connectivity index (χ4n) is 2.69. The maximum atomic E-state index is 9.11. The zero-order valence-corrected chi connectivity index (χ0v) is 11.0. The molecule has 1 saturated heterocycles. The Morgan fingerprint density at radius 3 is 2.25 bits per heavy atom. The van der Waals surface area contributed by atoms with Crippen LogP contribution in [-0.4, -0.2) is 60.3 Å². The molecule has 0 aromatic rings. The van der Waals surface area contributed by atoms with E-state index in [-0.39, 0.29) is 6.61 Å². The van der Waals surface area contributed by atoms with Crippen molar-refractivity contribution in [1.82, 2.24) is 9.80 Å². The zero-order chi connectivity index (χ0) is 11.8. The van der Waals surface area contributed by atoms with Crippen molar-refractivity contribution >= 4 is 0 Å². The summed E-state index contributed by atoms with van der Waals surface area (Å²) in [5.41, 5.74) is 0. The molecular formula is C13H28N2O. The molecule has 0 aliphatic carbocycles. The lowest BCUT2D eigenvalue weighted by atomic mass is 10.1. The van der Waals surface area contributed by atoms with Gasteiger partial charge in [0.05, 0.1) is 6.61 Å². The van der Waals surface area contributed by atoms with E-state index in [1.165, 1.54) is 45.3 Å². The molecule has 1 aliphatic heterocycles. The molecule has 0 aromatic carbocycles. The highest BCUT2D eigenvalue weighted by atomic mass is 16.3. The van der Waals surface area contributed by atoms with Crippen molar-refractivity contribution < 1.29 is 5.11 Å². The number of rotatable bonds is 8. The summed E-state index contributed by atoms with van der Waals surface area (Å²) < 4.78 is 0. The second-order valence-corrected chi connectivity index (χ2v) is 4.78. The van der Waals surface area contributed by atoms with Gasteiger partial charge in [0.1, 0.15) is 0 Å². The summed E-state index contributed by atoms with van der Waals surface area (Å²) in [7, 11) is 0. The Labute approximate surface area is 100 Å². The normalized spacial score (nSPS) is 17.8. The third-order valence-electron chi connectivity index (χ3n) is 3.75.